The van der Waals surface area contributed by atoms with E-state index in [1.54, 1.807) is 24.3 Å². The van der Waals surface area contributed by atoms with Gasteiger partial charge in [0, 0.05) is 16.7 Å². The number of amides is 1. The molecule has 3 aromatic rings. The maximum absolute atomic E-state index is 12.4. The lowest BCUT2D eigenvalue weighted by Gasteiger charge is -2.19. The largest absolute Gasteiger partial charge is 0.391 e. The van der Waals surface area contributed by atoms with E-state index in [2.05, 4.69) is 60.5 Å². The van der Waals surface area contributed by atoms with Gasteiger partial charge in [-0.05, 0) is 80.6 Å². The highest BCUT2D eigenvalue weighted by atomic mass is 16.3. The maximum atomic E-state index is 12.4. The van der Waals surface area contributed by atoms with Crippen molar-refractivity contribution in [2.24, 2.45) is 0 Å². The fourth-order valence-electron chi connectivity index (χ4n) is 3.65. The Morgan fingerprint density at radius 1 is 0.829 bits per heavy atom. The summed E-state index contributed by atoms with van der Waals surface area (Å²) in [6.07, 6.45) is 2.07. The third kappa shape index (κ3) is 7.92. The molecule has 3 rings (SSSR count). The summed E-state index contributed by atoms with van der Waals surface area (Å²) in [5.41, 5.74) is 5.93. The average molecular weight is 470 g/mol. The molecule has 1 amide bonds. The SMILES string of the molecule is Cc1ccc(CCCc2ccc(C#Cc3ccc(C(=O)N[C@H](C(=O)CO)[C@@H](C)O)cc3)cc2)cc1. The van der Waals surface area contributed by atoms with Gasteiger partial charge in [-0.1, -0.05) is 53.8 Å². The summed E-state index contributed by atoms with van der Waals surface area (Å²) < 4.78 is 0. The number of carbonyl (C=O) groups excluding carboxylic acids is 2. The minimum Gasteiger partial charge on any atom is -0.391 e. The summed E-state index contributed by atoms with van der Waals surface area (Å²) in [4.78, 5) is 24.1. The topological polar surface area (TPSA) is 86.6 Å². The standard InChI is InChI=1S/C30H31NO4/c1-21-6-8-23(9-7-21)4-3-5-24-10-12-25(13-11-24)14-15-26-16-18-27(19-17-26)30(35)31-29(22(2)33)28(34)20-32/h6-13,16-19,22,29,32-33H,3-5,20H2,1-2H3,(H,31,35)/t22-,29+/m1/s1. The van der Waals surface area contributed by atoms with E-state index in [1.165, 1.54) is 23.6 Å². The van der Waals surface area contributed by atoms with Gasteiger partial charge in [-0.15, -0.1) is 0 Å². The Morgan fingerprint density at radius 3 is 1.80 bits per heavy atom. The highest BCUT2D eigenvalue weighted by Crippen LogP contribution is 2.11. The van der Waals surface area contributed by atoms with E-state index >= 15 is 0 Å². The van der Waals surface area contributed by atoms with Crippen LogP contribution < -0.4 is 5.32 Å². The molecule has 0 aliphatic heterocycles. The molecule has 0 saturated carbocycles. The van der Waals surface area contributed by atoms with Gasteiger partial charge in [-0.25, -0.2) is 0 Å². The van der Waals surface area contributed by atoms with Crippen molar-refractivity contribution in [3.63, 3.8) is 0 Å². The van der Waals surface area contributed by atoms with Crippen molar-refractivity contribution in [3.05, 3.63) is 106 Å². The predicted octanol–water partition coefficient (Wildman–Crippen LogP) is 3.61. The Bertz CT molecular complexity index is 1180. The number of aliphatic hydroxyl groups is 2. The Labute approximate surface area is 206 Å². The van der Waals surface area contributed by atoms with Gasteiger partial charge in [-0.3, -0.25) is 9.59 Å². The highest BCUT2D eigenvalue weighted by Gasteiger charge is 2.25. The lowest BCUT2D eigenvalue weighted by Crippen LogP contribution is -2.48. The molecule has 0 bridgehead atoms. The molecule has 5 heteroatoms. The molecule has 0 unspecified atom stereocenters. The first-order valence-electron chi connectivity index (χ1n) is 11.7. The molecule has 0 spiro atoms. The van der Waals surface area contributed by atoms with Gasteiger partial charge in [0.1, 0.15) is 12.6 Å². The molecular weight excluding hydrogens is 438 g/mol. The van der Waals surface area contributed by atoms with Crippen LogP contribution in [0.3, 0.4) is 0 Å². The summed E-state index contributed by atoms with van der Waals surface area (Å²) >= 11 is 0. The predicted molar refractivity (Wildman–Crippen MR) is 137 cm³/mol. The number of aryl methyl sites for hydroxylation is 3. The highest BCUT2D eigenvalue weighted by molar-refractivity contribution is 5.98. The molecule has 0 saturated heterocycles. The van der Waals surface area contributed by atoms with E-state index < -0.39 is 30.4 Å². The Balaban J connectivity index is 1.53. The second-order valence-corrected chi connectivity index (χ2v) is 8.68. The first-order valence-corrected chi connectivity index (χ1v) is 11.7. The zero-order chi connectivity index (χ0) is 25.2. The second-order valence-electron chi connectivity index (χ2n) is 8.68. The summed E-state index contributed by atoms with van der Waals surface area (Å²) in [6.45, 7) is 2.73. The van der Waals surface area contributed by atoms with Crippen LogP contribution >= 0.6 is 0 Å². The van der Waals surface area contributed by atoms with Crippen LogP contribution in [-0.2, 0) is 17.6 Å². The fourth-order valence-corrected chi connectivity index (χ4v) is 3.65. The van der Waals surface area contributed by atoms with Crippen molar-refractivity contribution in [1.82, 2.24) is 5.32 Å². The number of nitrogens with one attached hydrogen (secondary N) is 1. The Hall–Kier alpha value is -3.72. The van der Waals surface area contributed by atoms with Crippen molar-refractivity contribution >= 4 is 11.7 Å². The van der Waals surface area contributed by atoms with E-state index in [9.17, 15) is 14.7 Å². The zero-order valence-electron chi connectivity index (χ0n) is 20.1. The van der Waals surface area contributed by atoms with Crippen LogP contribution in [0, 0.1) is 18.8 Å². The molecule has 2 atom stereocenters. The lowest BCUT2D eigenvalue weighted by molar-refractivity contribution is -0.125. The van der Waals surface area contributed by atoms with Crippen molar-refractivity contribution in [3.8, 4) is 11.8 Å². The van der Waals surface area contributed by atoms with Gasteiger partial charge >= 0.3 is 0 Å². The first-order chi connectivity index (χ1) is 16.9. The Kier molecular flexibility index (Phi) is 9.37. The molecule has 0 heterocycles. The van der Waals surface area contributed by atoms with Crippen LogP contribution in [0.25, 0.3) is 0 Å². The van der Waals surface area contributed by atoms with E-state index in [0.29, 0.717) is 5.56 Å². The fraction of sp³-hybridized carbons (Fsp3) is 0.267. The van der Waals surface area contributed by atoms with Crippen LogP contribution in [0.5, 0.6) is 0 Å². The summed E-state index contributed by atoms with van der Waals surface area (Å²) in [6, 6.07) is 22.5. The number of benzene rings is 3. The number of Topliss-reactive ketones (excluding diaryl/α,β-unsaturated/α-hetero) is 1. The second kappa shape index (κ2) is 12.7. The van der Waals surface area contributed by atoms with E-state index in [1.807, 2.05) is 12.1 Å². The number of aliphatic hydroxyl groups excluding tert-OH is 2. The molecule has 0 aliphatic carbocycles. The van der Waals surface area contributed by atoms with E-state index in [0.717, 1.165) is 30.4 Å². The third-order valence-electron chi connectivity index (χ3n) is 5.78. The molecule has 0 aromatic heterocycles. The van der Waals surface area contributed by atoms with Crippen molar-refractivity contribution in [2.75, 3.05) is 6.61 Å². The van der Waals surface area contributed by atoms with Crippen molar-refractivity contribution in [2.45, 2.75) is 45.3 Å². The Morgan fingerprint density at radius 2 is 1.31 bits per heavy atom. The van der Waals surface area contributed by atoms with Crippen molar-refractivity contribution < 1.29 is 19.8 Å². The van der Waals surface area contributed by atoms with Gasteiger partial charge in [0.2, 0.25) is 0 Å². The van der Waals surface area contributed by atoms with Crippen LogP contribution in [-0.4, -0.2) is 40.7 Å². The number of hydrogen-bond acceptors (Lipinski definition) is 4. The van der Waals surface area contributed by atoms with Crippen LogP contribution in [0.15, 0.2) is 72.8 Å². The number of rotatable bonds is 9. The number of hydrogen-bond donors (Lipinski definition) is 3. The molecule has 0 aliphatic rings. The van der Waals surface area contributed by atoms with E-state index in [-0.39, 0.29) is 0 Å². The molecule has 3 aromatic carbocycles. The monoisotopic (exact) mass is 469 g/mol. The normalized spacial score (nSPS) is 12.2. The first kappa shape index (κ1) is 25.9. The van der Waals surface area contributed by atoms with Gasteiger partial charge in [0.25, 0.3) is 5.91 Å². The molecule has 0 radical (unpaired) electrons. The molecule has 180 valence electrons. The molecular formula is C30H31NO4. The molecule has 0 fully saturated rings. The summed E-state index contributed by atoms with van der Waals surface area (Å²) in [7, 11) is 0. The molecule has 5 nitrogen and oxygen atoms in total. The van der Waals surface area contributed by atoms with Gasteiger partial charge in [0.05, 0.1) is 6.10 Å². The van der Waals surface area contributed by atoms with Crippen LogP contribution in [0.4, 0.5) is 0 Å². The quantitative estimate of drug-likeness (QED) is 0.418. The summed E-state index contributed by atoms with van der Waals surface area (Å²) in [5, 5.41) is 21.1. The minimum absolute atomic E-state index is 0.335. The minimum atomic E-state index is -1.16. The number of carbonyl (C=O) groups is 2. The number of ketones is 1. The average Bonchev–Trinajstić information content (AvgIpc) is 2.87. The third-order valence-corrected chi connectivity index (χ3v) is 5.78. The maximum Gasteiger partial charge on any atom is 0.251 e. The summed E-state index contributed by atoms with van der Waals surface area (Å²) in [5.74, 6) is 5.08. The van der Waals surface area contributed by atoms with Gasteiger partial charge in [0.15, 0.2) is 5.78 Å². The molecule has 3 N–H and O–H groups in total. The van der Waals surface area contributed by atoms with E-state index in [4.69, 9.17) is 5.11 Å². The van der Waals surface area contributed by atoms with Gasteiger partial charge < -0.3 is 15.5 Å². The smallest absolute Gasteiger partial charge is 0.251 e. The van der Waals surface area contributed by atoms with Crippen LogP contribution in [0.1, 0.15) is 51.5 Å². The van der Waals surface area contributed by atoms with Crippen LogP contribution in [0.2, 0.25) is 0 Å². The lowest BCUT2D eigenvalue weighted by atomic mass is 10.0. The zero-order valence-corrected chi connectivity index (χ0v) is 20.1. The van der Waals surface area contributed by atoms with Crippen molar-refractivity contribution in [1.29, 1.82) is 0 Å². The van der Waals surface area contributed by atoms with Gasteiger partial charge in [-0.2, -0.15) is 0 Å². The molecule has 35 heavy (non-hydrogen) atoms.